The molecule has 0 fully saturated rings. The number of aliphatic hydroxyl groups excluding tert-OH is 1. The lowest BCUT2D eigenvalue weighted by Crippen LogP contribution is -2.33. The molecule has 0 aromatic heterocycles. The molecular weight excluding hydrogens is 252 g/mol. The van der Waals surface area contributed by atoms with Gasteiger partial charge in [0.05, 0.1) is 6.10 Å². The van der Waals surface area contributed by atoms with E-state index in [0.29, 0.717) is 17.5 Å². The zero-order valence-corrected chi connectivity index (χ0v) is 9.96. The van der Waals surface area contributed by atoms with Gasteiger partial charge in [0.1, 0.15) is 5.75 Å². The number of benzene rings is 1. The molecule has 1 aromatic carbocycles. The molecule has 102 valence electrons. The van der Waals surface area contributed by atoms with Crippen LogP contribution in [0.2, 0.25) is 0 Å². The largest absolute Gasteiger partial charge is 0.461 e. The minimum Gasteiger partial charge on any atom is -0.428 e. The first kappa shape index (κ1) is 14.8. The van der Waals surface area contributed by atoms with Crippen LogP contribution in [0.15, 0.2) is 18.2 Å². The zero-order chi connectivity index (χ0) is 13.9. The molecule has 0 amide bonds. The Balaban J connectivity index is 3.00. The summed E-state index contributed by atoms with van der Waals surface area (Å²) in [4.78, 5) is 0. The first-order valence-electron chi connectivity index (χ1n) is 5.41. The third kappa shape index (κ3) is 3.60. The van der Waals surface area contributed by atoms with E-state index in [1.807, 2.05) is 0 Å². The quantitative estimate of drug-likeness (QED) is 0.824. The third-order valence-electron chi connectivity index (χ3n) is 2.35. The summed E-state index contributed by atoms with van der Waals surface area (Å²) in [6.07, 6.45) is -8.90. The Bertz CT molecular complexity index is 407. The lowest BCUT2D eigenvalue weighted by Gasteiger charge is -2.18. The highest BCUT2D eigenvalue weighted by Gasteiger charge is 2.44. The predicted octanol–water partition coefficient (Wildman–Crippen LogP) is 3.68. The van der Waals surface area contributed by atoms with Crippen LogP contribution in [0.1, 0.15) is 30.6 Å². The Morgan fingerprint density at radius 2 is 1.89 bits per heavy atom. The Labute approximate surface area is 102 Å². The molecule has 0 radical (unpaired) electrons. The van der Waals surface area contributed by atoms with E-state index in [1.165, 1.54) is 6.07 Å². The number of ether oxygens (including phenoxy) is 1. The van der Waals surface area contributed by atoms with Gasteiger partial charge in [0.25, 0.3) is 0 Å². The molecule has 1 atom stereocenters. The number of aryl methyl sites for hydroxylation is 1. The number of hydrogen-bond acceptors (Lipinski definition) is 2. The Hall–Kier alpha value is -1.30. The number of alkyl halides is 4. The second kappa shape index (κ2) is 5.56. The fourth-order valence-electron chi connectivity index (χ4n) is 1.47. The average Bonchev–Trinajstić information content (AvgIpc) is 2.26. The van der Waals surface area contributed by atoms with Crippen molar-refractivity contribution < 1.29 is 27.4 Å². The second-order valence-corrected chi connectivity index (χ2v) is 3.97. The van der Waals surface area contributed by atoms with Crippen molar-refractivity contribution in [1.82, 2.24) is 0 Å². The fourth-order valence-corrected chi connectivity index (χ4v) is 1.47. The van der Waals surface area contributed by atoms with Crippen LogP contribution >= 0.6 is 0 Å². The smallest absolute Gasteiger partial charge is 0.428 e. The molecule has 0 saturated heterocycles. The summed E-state index contributed by atoms with van der Waals surface area (Å²) < 4.78 is 53.5. The standard InChI is InChI=1S/C12H14F4O2/c1-3-10(17)8-4-7(2)5-9(6-8)18-12(15,16)11(13)14/h4-6,10-11,17H,3H2,1-2H3. The predicted molar refractivity (Wildman–Crippen MR) is 58.0 cm³/mol. The Morgan fingerprint density at radius 1 is 1.28 bits per heavy atom. The summed E-state index contributed by atoms with van der Waals surface area (Å²) in [5, 5.41) is 9.59. The first-order chi connectivity index (χ1) is 8.26. The van der Waals surface area contributed by atoms with Gasteiger partial charge in [0.2, 0.25) is 0 Å². The van der Waals surface area contributed by atoms with Crippen molar-refractivity contribution in [2.45, 2.75) is 38.9 Å². The highest BCUT2D eigenvalue weighted by atomic mass is 19.3. The van der Waals surface area contributed by atoms with Gasteiger partial charge in [0, 0.05) is 0 Å². The molecule has 0 spiro atoms. The van der Waals surface area contributed by atoms with Gasteiger partial charge < -0.3 is 9.84 Å². The topological polar surface area (TPSA) is 29.5 Å². The molecule has 1 aromatic rings. The molecule has 0 aliphatic carbocycles. The van der Waals surface area contributed by atoms with Crippen LogP contribution in [0.3, 0.4) is 0 Å². The van der Waals surface area contributed by atoms with E-state index in [4.69, 9.17) is 0 Å². The van der Waals surface area contributed by atoms with Crippen LogP contribution < -0.4 is 4.74 Å². The van der Waals surface area contributed by atoms with Crippen molar-refractivity contribution in [3.8, 4) is 5.75 Å². The second-order valence-electron chi connectivity index (χ2n) is 3.97. The molecule has 1 rings (SSSR count). The lowest BCUT2D eigenvalue weighted by atomic mass is 10.0. The van der Waals surface area contributed by atoms with Gasteiger partial charge >= 0.3 is 12.5 Å². The van der Waals surface area contributed by atoms with Gasteiger partial charge in [-0.2, -0.15) is 17.6 Å². The molecule has 0 saturated carbocycles. The van der Waals surface area contributed by atoms with E-state index in [1.54, 1.807) is 19.9 Å². The Kier molecular flexibility index (Phi) is 4.56. The number of halogens is 4. The van der Waals surface area contributed by atoms with Crippen LogP contribution in [-0.4, -0.2) is 17.6 Å². The lowest BCUT2D eigenvalue weighted by molar-refractivity contribution is -0.253. The van der Waals surface area contributed by atoms with Crippen LogP contribution in [0.5, 0.6) is 5.75 Å². The molecule has 1 unspecified atom stereocenters. The average molecular weight is 266 g/mol. The van der Waals surface area contributed by atoms with Crippen molar-refractivity contribution in [2.24, 2.45) is 0 Å². The van der Waals surface area contributed by atoms with Crippen molar-refractivity contribution in [3.05, 3.63) is 29.3 Å². The molecule has 0 bridgehead atoms. The summed E-state index contributed by atoms with van der Waals surface area (Å²) in [6, 6.07) is 3.93. The summed E-state index contributed by atoms with van der Waals surface area (Å²) in [7, 11) is 0. The van der Waals surface area contributed by atoms with Crippen molar-refractivity contribution in [1.29, 1.82) is 0 Å². The first-order valence-corrected chi connectivity index (χ1v) is 5.41. The monoisotopic (exact) mass is 266 g/mol. The molecule has 1 N–H and O–H groups in total. The molecule has 0 heterocycles. The van der Waals surface area contributed by atoms with Crippen LogP contribution in [-0.2, 0) is 0 Å². The van der Waals surface area contributed by atoms with Gasteiger partial charge in [-0.25, -0.2) is 0 Å². The SMILES string of the molecule is CCC(O)c1cc(C)cc(OC(F)(F)C(F)F)c1. The van der Waals surface area contributed by atoms with Gasteiger partial charge in [-0.15, -0.1) is 0 Å². The van der Waals surface area contributed by atoms with Crippen LogP contribution in [0, 0.1) is 6.92 Å². The summed E-state index contributed by atoms with van der Waals surface area (Å²) in [6.45, 7) is 3.31. The van der Waals surface area contributed by atoms with Crippen LogP contribution in [0.4, 0.5) is 17.6 Å². The molecule has 0 aliphatic heterocycles. The molecule has 6 heteroatoms. The highest BCUT2D eigenvalue weighted by molar-refractivity contribution is 5.35. The van der Waals surface area contributed by atoms with E-state index < -0.39 is 18.6 Å². The molecular formula is C12H14F4O2. The van der Waals surface area contributed by atoms with Crippen molar-refractivity contribution in [3.63, 3.8) is 0 Å². The minimum atomic E-state index is -4.54. The highest BCUT2D eigenvalue weighted by Crippen LogP contribution is 2.30. The van der Waals surface area contributed by atoms with Crippen LogP contribution in [0.25, 0.3) is 0 Å². The zero-order valence-electron chi connectivity index (χ0n) is 9.96. The van der Waals surface area contributed by atoms with E-state index in [9.17, 15) is 22.7 Å². The molecule has 18 heavy (non-hydrogen) atoms. The van der Waals surface area contributed by atoms with Crippen molar-refractivity contribution >= 4 is 0 Å². The van der Waals surface area contributed by atoms with E-state index in [0.717, 1.165) is 6.07 Å². The number of hydrogen-bond donors (Lipinski definition) is 1. The van der Waals surface area contributed by atoms with Gasteiger partial charge in [-0.1, -0.05) is 13.0 Å². The normalized spacial score (nSPS) is 13.8. The maximum absolute atomic E-state index is 12.7. The summed E-state index contributed by atoms with van der Waals surface area (Å²) in [5.74, 6) is -0.386. The molecule has 0 aliphatic rings. The van der Waals surface area contributed by atoms with Gasteiger partial charge in [-0.05, 0) is 36.6 Å². The fraction of sp³-hybridized carbons (Fsp3) is 0.500. The van der Waals surface area contributed by atoms with Crippen molar-refractivity contribution in [2.75, 3.05) is 0 Å². The summed E-state index contributed by atoms with van der Waals surface area (Å²) in [5.41, 5.74) is 0.901. The maximum atomic E-state index is 12.7. The third-order valence-corrected chi connectivity index (χ3v) is 2.35. The van der Waals surface area contributed by atoms with Gasteiger partial charge in [-0.3, -0.25) is 0 Å². The number of rotatable bonds is 5. The van der Waals surface area contributed by atoms with E-state index in [-0.39, 0.29) is 5.75 Å². The van der Waals surface area contributed by atoms with Gasteiger partial charge in [0.15, 0.2) is 0 Å². The summed E-state index contributed by atoms with van der Waals surface area (Å²) >= 11 is 0. The maximum Gasteiger partial charge on any atom is 0.461 e. The minimum absolute atomic E-state index is 0.359. The van der Waals surface area contributed by atoms with E-state index >= 15 is 0 Å². The van der Waals surface area contributed by atoms with E-state index in [2.05, 4.69) is 4.74 Å². The molecule has 2 nitrogen and oxygen atoms in total. The Morgan fingerprint density at radius 3 is 2.39 bits per heavy atom. The number of aliphatic hydroxyl groups is 1.